The normalized spacial score (nSPS) is 39.7. The number of thioether (sulfide) groups is 1. The highest BCUT2D eigenvalue weighted by Crippen LogP contribution is 2.32. The minimum atomic E-state index is 0.289. The van der Waals surface area contributed by atoms with Crippen LogP contribution in [-0.4, -0.2) is 48.0 Å². The number of hydrogen-bond donors (Lipinski definition) is 1. The zero-order valence-electron chi connectivity index (χ0n) is 8.95. The fraction of sp³-hybridized carbons (Fsp3) is 0.909. The maximum absolute atomic E-state index is 12.2. The van der Waals surface area contributed by atoms with Gasteiger partial charge in [-0.3, -0.25) is 4.79 Å². The summed E-state index contributed by atoms with van der Waals surface area (Å²) in [5.41, 5.74) is 0. The summed E-state index contributed by atoms with van der Waals surface area (Å²) in [7, 11) is 0. The Morgan fingerprint density at radius 2 is 2.00 bits per heavy atom. The van der Waals surface area contributed by atoms with Gasteiger partial charge in [-0.15, -0.1) is 11.8 Å². The molecule has 3 aliphatic heterocycles. The fourth-order valence-corrected chi connectivity index (χ4v) is 4.25. The average molecular weight is 226 g/mol. The van der Waals surface area contributed by atoms with Crippen LogP contribution in [0.4, 0.5) is 0 Å². The van der Waals surface area contributed by atoms with Crippen LogP contribution >= 0.6 is 11.8 Å². The van der Waals surface area contributed by atoms with Crippen molar-refractivity contribution < 1.29 is 4.79 Å². The van der Waals surface area contributed by atoms with E-state index in [1.165, 1.54) is 12.2 Å². The Kier molecular flexibility index (Phi) is 2.64. The second kappa shape index (κ2) is 3.98. The minimum absolute atomic E-state index is 0.289. The second-order valence-corrected chi connectivity index (χ2v) is 6.23. The lowest BCUT2D eigenvalue weighted by atomic mass is 10.0. The van der Waals surface area contributed by atoms with Crippen molar-refractivity contribution in [3.8, 4) is 0 Å². The first-order chi connectivity index (χ1) is 7.34. The van der Waals surface area contributed by atoms with Gasteiger partial charge in [-0.1, -0.05) is 0 Å². The molecule has 3 rings (SSSR count). The first kappa shape index (κ1) is 9.97. The number of fused-ring (bicyclic) bond motifs is 1. The van der Waals surface area contributed by atoms with Crippen LogP contribution in [0.2, 0.25) is 0 Å². The van der Waals surface area contributed by atoms with Gasteiger partial charge in [0.15, 0.2) is 0 Å². The molecule has 3 heterocycles. The van der Waals surface area contributed by atoms with Gasteiger partial charge in [0.25, 0.3) is 0 Å². The Morgan fingerprint density at radius 1 is 1.27 bits per heavy atom. The van der Waals surface area contributed by atoms with Crippen LogP contribution < -0.4 is 5.32 Å². The van der Waals surface area contributed by atoms with Crippen molar-refractivity contribution in [1.82, 2.24) is 10.2 Å². The number of amides is 1. The van der Waals surface area contributed by atoms with E-state index in [0.29, 0.717) is 5.91 Å². The van der Waals surface area contributed by atoms with Crippen molar-refractivity contribution >= 4 is 17.7 Å². The molecule has 84 valence electrons. The molecule has 1 N–H and O–H groups in total. The van der Waals surface area contributed by atoms with Crippen LogP contribution in [0.3, 0.4) is 0 Å². The number of carbonyl (C=O) groups is 1. The lowest BCUT2D eigenvalue weighted by Gasteiger charge is -2.20. The van der Waals surface area contributed by atoms with E-state index in [2.05, 4.69) is 10.2 Å². The highest BCUT2D eigenvalue weighted by molar-refractivity contribution is 8.00. The van der Waals surface area contributed by atoms with E-state index in [1.807, 2.05) is 11.8 Å². The van der Waals surface area contributed by atoms with E-state index in [-0.39, 0.29) is 5.25 Å². The number of likely N-dealkylation sites (tertiary alicyclic amines) is 1. The van der Waals surface area contributed by atoms with Crippen molar-refractivity contribution in [3.63, 3.8) is 0 Å². The summed E-state index contributed by atoms with van der Waals surface area (Å²) in [6.45, 7) is 4.25. The summed E-state index contributed by atoms with van der Waals surface area (Å²) < 4.78 is 0. The van der Waals surface area contributed by atoms with Gasteiger partial charge in [-0.25, -0.2) is 0 Å². The van der Waals surface area contributed by atoms with Gasteiger partial charge in [0.1, 0.15) is 0 Å². The van der Waals surface area contributed by atoms with Crippen LogP contribution in [0.15, 0.2) is 0 Å². The summed E-state index contributed by atoms with van der Waals surface area (Å²) in [6.07, 6.45) is 2.33. The molecule has 0 aromatic heterocycles. The molecule has 3 nitrogen and oxygen atoms in total. The molecule has 0 spiro atoms. The first-order valence-corrected chi connectivity index (χ1v) is 7.00. The average Bonchev–Trinajstić information content (AvgIpc) is 2.92. The van der Waals surface area contributed by atoms with Crippen molar-refractivity contribution in [2.75, 3.05) is 31.9 Å². The SMILES string of the molecule is O=C(C1CCCS1)N1CC2CNCC2C1. The van der Waals surface area contributed by atoms with Gasteiger partial charge < -0.3 is 10.2 Å². The van der Waals surface area contributed by atoms with E-state index in [4.69, 9.17) is 0 Å². The third kappa shape index (κ3) is 1.78. The lowest BCUT2D eigenvalue weighted by Crippen LogP contribution is -2.37. The predicted octanol–water partition coefficient (Wildman–Crippen LogP) is 0.560. The third-order valence-corrected chi connectivity index (χ3v) is 5.27. The molecular formula is C11H18N2OS. The summed E-state index contributed by atoms with van der Waals surface area (Å²) in [5, 5.41) is 3.70. The van der Waals surface area contributed by atoms with Gasteiger partial charge in [-0.05, 0) is 30.4 Å². The largest absolute Gasteiger partial charge is 0.341 e. The second-order valence-electron chi connectivity index (χ2n) is 4.92. The Bertz CT molecular complexity index is 253. The first-order valence-electron chi connectivity index (χ1n) is 5.95. The van der Waals surface area contributed by atoms with E-state index in [1.54, 1.807) is 0 Å². The van der Waals surface area contributed by atoms with Crippen LogP contribution in [0.1, 0.15) is 12.8 Å². The molecule has 0 bridgehead atoms. The van der Waals surface area contributed by atoms with Gasteiger partial charge in [0, 0.05) is 26.2 Å². The Morgan fingerprint density at radius 3 is 2.60 bits per heavy atom. The molecule has 3 unspecified atom stereocenters. The molecule has 15 heavy (non-hydrogen) atoms. The van der Waals surface area contributed by atoms with Crippen molar-refractivity contribution in [1.29, 1.82) is 0 Å². The molecule has 0 aliphatic carbocycles. The summed E-state index contributed by atoms with van der Waals surface area (Å²) in [5.74, 6) is 3.08. The summed E-state index contributed by atoms with van der Waals surface area (Å²) in [4.78, 5) is 14.3. The van der Waals surface area contributed by atoms with E-state index in [0.717, 1.165) is 44.4 Å². The van der Waals surface area contributed by atoms with Crippen LogP contribution in [0.25, 0.3) is 0 Å². The molecule has 4 heteroatoms. The number of rotatable bonds is 1. The molecule has 3 aliphatic rings. The zero-order chi connectivity index (χ0) is 10.3. The quantitative estimate of drug-likeness (QED) is 0.709. The Balaban J connectivity index is 1.61. The maximum atomic E-state index is 12.2. The van der Waals surface area contributed by atoms with E-state index >= 15 is 0 Å². The summed E-state index contributed by atoms with van der Waals surface area (Å²) >= 11 is 1.86. The topological polar surface area (TPSA) is 32.3 Å². The molecule has 3 fully saturated rings. The Labute approximate surface area is 95.0 Å². The molecule has 0 aromatic carbocycles. The molecule has 0 saturated carbocycles. The fourth-order valence-electron chi connectivity index (χ4n) is 3.01. The molecule has 1 amide bonds. The minimum Gasteiger partial charge on any atom is -0.341 e. The van der Waals surface area contributed by atoms with Crippen LogP contribution in [0.5, 0.6) is 0 Å². The number of nitrogens with one attached hydrogen (secondary N) is 1. The van der Waals surface area contributed by atoms with Crippen molar-refractivity contribution in [2.45, 2.75) is 18.1 Å². The van der Waals surface area contributed by atoms with Crippen molar-refractivity contribution in [3.05, 3.63) is 0 Å². The van der Waals surface area contributed by atoms with Gasteiger partial charge in [-0.2, -0.15) is 0 Å². The number of hydrogen-bond acceptors (Lipinski definition) is 3. The smallest absolute Gasteiger partial charge is 0.235 e. The third-order valence-electron chi connectivity index (χ3n) is 3.91. The van der Waals surface area contributed by atoms with Crippen molar-refractivity contribution in [2.24, 2.45) is 11.8 Å². The predicted molar refractivity (Wildman–Crippen MR) is 61.9 cm³/mol. The monoisotopic (exact) mass is 226 g/mol. The molecular weight excluding hydrogens is 208 g/mol. The van der Waals surface area contributed by atoms with Gasteiger partial charge >= 0.3 is 0 Å². The molecule has 0 aromatic rings. The maximum Gasteiger partial charge on any atom is 0.235 e. The highest BCUT2D eigenvalue weighted by Gasteiger charge is 2.40. The number of carbonyl (C=O) groups excluding carboxylic acids is 1. The Hall–Kier alpha value is -0.220. The number of nitrogens with zero attached hydrogens (tertiary/aromatic N) is 1. The van der Waals surface area contributed by atoms with Crippen LogP contribution in [-0.2, 0) is 4.79 Å². The molecule has 3 saturated heterocycles. The lowest BCUT2D eigenvalue weighted by molar-refractivity contribution is -0.129. The molecule has 0 radical (unpaired) electrons. The van der Waals surface area contributed by atoms with Gasteiger partial charge in [0.2, 0.25) is 5.91 Å². The molecule has 3 atom stereocenters. The summed E-state index contributed by atoms with van der Waals surface area (Å²) in [6, 6.07) is 0. The highest BCUT2D eigenvalue weighted by atomic mass is 32.2. The standard InChI is InChI=1S/C11H18N2OS/c14-11(10-2-1-3-15-10)13-6-8-4-12-5-9(8)7-13/h8-10,12H,1-7H2. The van der Waals surface area contributed by atoms with E-state index < -0.39 is 0 Å². The zero-order valence-corrected chi connectivity index (χ0v) is 9.76. The van der Waals surface area contributed by atoms with Crippen LogP contribution in [0, 0.1) is 11.8 Å². The van der Waals surface area contributed by atoms with E-state index in [9.17, 15) is 4.79 Å². The van der Waals surface area contributed by atoms with Gasteiger partial charge in [0.05, 0.1) is 5.25 Å².